The molecule has 4 heteroatoms. The maximum absolute atomic E-state index is 13.3. The van der Waals surface area contributed by atoms with E-state index in [0.717, 1.165) is 12.1 Å². The molecular formula is C33H32N2O2. The van der Waals surface area contributed by atoms with Crippen LogP contribution in [0.5, 0.6) is 0 Å². The van der Waals surface area contributed by atoms with Crippen LogP contribution in [0.1, 0.15) is 22.3 Å². The molecule has 1 heterocycles. The van der Waals surface area contributed by atoms with Crippen molar-refractivity contribution in [3.8, 4) is 0 Å². The summed E-state index contributed by atoms with van der Waals surface area (Å²) < 4.78 is 7.65. The van der Waals surface area contributed by atoms with Gasteiger partial charge in [0.25, 0.3) is 0 Å². The lowest BCUT2D eigenvalue weighted by atomic mass is 10.0. The second-order valence-corrected chi connectivity index (χ2v) is 9.40. The quantitative estimate of drug-likeness (QED) is 0.211. The third-order valence-corrected chi connectivity index (χ3v) is 6.85. The number of rotatable bonds is 10. The molecule has 0 amide bonds. The van der Waals surface area contributed by atoms with Gasteiger partial charge in [-0.3, -0.25) is 9.69 Å². The van der Waals surface area contributed by atoms with Gasteiger partial charge in [0.05, 0.1) is 7.11 Å². The Hall–Kier alpha value is -4.15. The lowest BCUT2D eigenvalue weighted by molar-refractivity contribution is -0.147. The molecule has 5 rings (SSSR count). The van der Waals surface area contributed by atoms with Crippen LogP contribution >= 0.6 is 0 Å². The van der Waals surface area contributed by atoms with E-state index in [9.17, 15) is 4.79 Å². The van der Waals surface area contributed by atoms with E-state index in [1.165, 1.54) is 34.7 Å². The van der Waals surface area contributed by atoms with Crippen LogP contribution in [0.25, 0.3) is 10.9 Å². The first-order chi connectivity index (χ1) is 18.2. The van der Waals surface area contributed by atoms with Gasteiger partial charge in [-0.05, 0) is 28.3 Å². The maximum Gasteiger partial charge on any atom is 0.323 e. The van der Waals surface area contributed by atoms with Crippen LogP contribution < -0.4 is 0 Å². The fraction of sp³-hybridized carbons (Fsp3) is 0.182. The van der Waals surface area contributed by atoms with E-state index < -0.39 is 6.04 Å². The van der Waals surface area contributed by atoms with Crippen LogP contribution in [0.3, 0.4) is 0 Å². The SMILES string of the molecule is COC(=O)C(Cc1cn(Cc2ccccc2)c2ccccc12)N(Cc1ccccc1)Cc1ccccc1. The number of benzene rings is 4. The second kappa shape index (κ2) is 11.7. The van der Waals surface area contributed by atoms with Crippen LogP contribution in [0, 0.1) is 0 Å². The summed E-state index contributed by atoms with van der Waals surface area (Å²) in [6, 6.07) is 39.1. The summed E-state index contributed by atoms with van der Waals surface area (Å²) >= 11 is 0. The molecule has 0 aliphatic carbocycles. The Labute approximate surface area is 218 Å². The minimum atomic E-state index is -0.429. The average Bonchev–Trinajstić information content (AvgIpc) is 3.29. The van der Waals surface area contributed by atoms with Crippen molar-refractivity contribution in [2.45, 2.75) is 32.1 Å². The lowest BCUT2D eigenvalue weighted by Crippen LogP contribution is -2.42. The highest BCUT2D eigenvalue weighted by Crippen LogP contribution is 2.26. The molecule has 0 spiro atoms. The number of aromatic nitrogens is 1. The van der Waals surface area contributed by atoms with Crippen molar-refractivity contribution in [1.29, 1.82) is 0 Å². The van der Waals surface area contributed by atoms with Crippen LogP contribution in [0.15, 0.2) is 121 Å². The molecule has 1 atom stereocenters. The summed E-state index contributed by atoms with van der Waals surface area (Å²) in [5.74, 6) is -0.216. The number of carbonyl (C=O) groups is 1. The summed E-state index contributed by atoms with van der Waals surface area (Å²) in [4.78, 5) is 15.5. The molecular weight excluding hydrogens is 456 g/mol. The number of hydrogen-bond donors (Lipinski definition) is 0. The zero-order valence-corrected chi connectivity index (χ0v) is 21.2. The Morgan fingerprint density at radius 3 is 1.81 bits per heavy atom. The molecule has 0 fully saturated rings. The number of fused-ring (bicyclic) bond motifs is 1. The predicted molar refractivity (Wildman–Crippen MR) is 149 cm³/mol. The number of hydrogen-bond acceptors (Lipinski definition) is 3. The number of carbonyl (C=O) groups excluding carboxylic acids is 1. The molecule has 0 aliphatic rings. The number of ether oxygens (including phenoxy) is 1. The predicted octanol–water partition coefficient (Wildman–Crippen LogP) is 6.48. The fourth-order valence-corrected chi connectivity index (χ4v) is 5.01. The molecule has 4 nitrogen and oxygen atoms in total. The zero-order chi connectivity index (χ0) is 25.5. The van der Waals surface area contributed by atoms with Crippen LogP contribution in [-0.2, 0) is 35.6 Å². The van der Waals surface area contributed by atoms with Gasteiger partial charge in [0.15, 0.2) is 0 Å². The van der Waals surface area contributed by atoms with E-state index in [2.05, 4.69) is 88.5 Å². The highest BCUT2D eigenvalue weighted by Gasteiger charge is 2.29. The lowest BCUT2D eigenvalue weighted by Gasteiger charge is -2.30. The average molecular weight is 489 g/mol. The highest BCUT2D eigenvalue weighted by atomic mass is 16.5. The molecule has 0 N–H and O–H groups in total. The molecule has 0 saturated carbocycles. The van der Waals surface area contributed by atoms with Crippen molar-refractivity contribution in [3.63, 3.8) is 0 Å². The summed E-state index contributed by atoms with van der Waals surface area (Å²) in [6.45, 7) is 2.08. The summed E-state index contributed by atoms with van der Waals surface area (Å²) in [7, 11) is 1.48. The van der Waals surface area contributed by atoms with Gasteiger partial charge >= 0.3 is 5.97 Å². The molecule has 4 aromatic carbocycles. The molecule has 0 bridgehead atoms. The Morgan fingerprint density at radius 1 is 0.730 bits per heavy atom. The van der Waals surface area contributed by atoms with Gasteiger partial charge in [-0.1, -0.05) is 109 Å². The van der Waals surface area contributed by atoms with Crippen molar-refractivity contribution < 1.29 is 9.53 Å². The number of para-hydroxylation sites is 1. The number of esters is 1. The van der Waals surface area contributed by atoms with E-state index in [1.807, 2.05) is 42.5 Å². The zero-order valence-electron chi connectivity index (χ0n) is 21.2. The van der Waals surface area contributed by atoms with Crippen molar-refractivity contribution in [3.05, 3.63) is 144 Å². The third kappa shape index (κ3) is 5.99. The summed E-state index contributed by atoms with van der Waals surface area (Å²) in [6.07, 6.45) is 2.77. The second-order valence-electron chi connectivity index (χ2n) is 9.40. The Bertz CT molecular complexity index is 1390. The van der Waals surface area contributed by atoms with E-state index in [1.54, 1.807) is 0 Å². The largest absolute Gasteiger partial charge is 0.468 e. The van der Waals surface area contributed by atoms with Crippen LogP contribution in [0.2, 0.25) is 0 Å². The molecule has 186 valence electrons. The standard InChI is InChI=1S/C33H32N2O2/c1-37-33(36)32(34(22-26-13-5-2-6-14-26)23-27-15-7-3-8-16-27)21-29-25-35(24-28-17-9-4-10-18-28)31-20-12-11-19-30(29)31/h2-20,25,32H,21-24H2,1H3. The van der Waals surface area contributed by atoms with Crippen molar-refractivity contribution in [1.82, 2.24) is 9.47 Å². The molecule has 1 aromatic heterocycles. The first-order valence-electron chi connectivity index (χ1n) is 12.7. The van der Waals surface area contributed by atoms with Gasteiger partial charge in [0.2, 0.25) is 0 Å². The Morgan fingerprint density at radius 2 is 1.24 bits per heavy atom. The number of nitrogens with zero attached hydrogens (tertiary/aromatic N) is 2. The Balaban J connectivity index is 1.51. The van der Waals surface area contributed by atoms with Crippen LogP contribution in [0.4, 0.5) is 0 Å². The molecule has 0 saturated heterocycles. The normalized spacial score (nSPS) is 12.1. The molecule has 5 aromatic rings. The summed E-state index contributed by atoms with van der Waals surface area (Å²) in [5, 5.41) is 1.17. The topological polar surface area (TPSA) is 34.5 Å². The van der Waals surface area contributed by atoms with Crippen LogP contribution in [-0.4, -0.2) is 28.6 Å². The molecule has 0 radical (unpaired) electrons. The first-order valence-corrected chi connectivity index (χ1v) is 12.7. The van der Waals surface area contributed by atoms with Gasteiger partial charge in [0.1, 0.15) is 6.04 Å². The summed E-state index contributed by atoms with van der Waals surface area (Å²) in [5.41, 5.74) is 5.89. The van der Waals surface area contributed by atoms with Crippen molar-refractivity contribution >= 4 is 16.9 Å². The van der Waals surface area contributed by atoms with E-state index in [-0.39, 0.29) is 5.97 Å². The fourth-order valence-electron chi connectivity index (χ4n) is 5.01. The minimum Gasteiger partial charge on any atom is -0.468 e. The minimum absolute atomic E-state index is 0.216. The molecule has 1 unspecified atom stereocenters. The van der Waals surface area contributed by atoms with Gasteiger partial charge < -0.3 is 9.30 Å². The van der Waals surface area contributed by atoms with Crippen molar-refractivity contribution in [2.75, 3.05) is 7.11 Å². The van der Waals surface area contributed by atoms with E-state index in [0.29, 0.717) is 19.5 Å². The molecule has 0 aliphatic heterocycles. The third-order valence-electron chi connectivity index (χ3n) is 6.85. The van der Waals surface area contributed by atoms with E-state index in [4.69, 9.17) is 4.74 Å². The van der Waals surface area contributed by atoms with Gasteiger partial charge in [-0.2, -0.15) is 0 Å². The smallest absolute Gasteiger partial charge is 0.323 e. The van der Waals surface area contributed by atoms with E-state index >= 15 is 0 Å². The van der Waals surface area contributed by atoms with Gasteiger partial charge in [0, 0.05) is 43.2 Å². The van der Waals surface area contributed by atoms with Gasteiger partial charge in [-0.25, -0.2) is 0 Å². The first kappa shape index (κ1) is 24.5. The maximum atomic E-state index is 13.3. The Kier molecular flexibility index (Phi) is 7.78. The van der Waals surface area contributed by atoms with Gasteiger partial charge in [-0.15, -0.1) is 0 Å². The molecule has 37 heavy (non-hydrogen) atoms. The monoisotopic (exact) mass is 488 g/mol. The highest BCUT2D eigenvalue weighted by molar-refractivity contribution is 5.85. The van der Waals surface area contributed by atoms with Crippen molar-refractivity contribution in [2.24, 2.45) is 0 Å². The number of methoxy groups -OCH3 is 1.